The maximum absolute atomic E-state index is 12.0. The second-order valence-corrected chi connectivity index (χ2v) is 4.97. The number of carbonyl (C=O) groups is 1. The minimum atomic E-state index is -0.188. The van der Waals surface area contributed by atoms with Gasteiger partial charge in [-0.3, -0.25) is 9.48 Å². The summed E-state index contributed by atoms with van der Waals surface area (Å²) in [5.41, 5.74) is 2.26. The van der Waals surface area contributed by atoms with Gasteiger partial charge in [-0.2, -0.15) is 5.10 Å². The zero-order valence-electron chi connectivity index (χ0n) is 12.3. The SMILES string of the molecule is CCc1noc(C)c1CNC(=O)c1ccn(C(C)C)n1. The average molecular weight is 276 g/mol. The van der Waals surface area contributed by atoms with E-state index in [0.717, 1.165) is 23.4 Å². The highest BCUT2D eigenvalue weighted by Crippen LogP contribution is 2.13. The summed E-state index contributed by atoms with van der Waals surface area (Å²) in [4.78, 5) is 12.0. The van der Waals surface area contributed by atoms with E-state index in [1.165, 1.54) is 0 Å². The van der Waals surface area contributed by atoms with Gasteiger partial charge < -0.3 is 9.84 Å². The molecule has 0 aliphatic carbocycles. The van der Waals surface area contributed by atoms with Gasteiger partial charge in [-0.15, -0.1) is 0 Å². The highest BCUT2D eigenvalue weighted by atomic mass is 16.5. The van der Waals surface area contributed by atoms with Crippen molar-refractivity contribution in [1.29, 1.82) is 0 Å². The Bertz CT molecular complexity index is 598. The second-order valence-electron chi connectivity index (χ2n) is 4.97. The first kappa shape index (κ1) is 14.3. The van der Waals surface area contributed by atoms with Crippen LogP contribution >= 0.6 is 0 Å². The molecule has 0 aliphatic heterocycles. The van der Waals surface area contributed by atoms with Crippen molar-refractivity contribution in [3.63, 3.8) is 0 Å². The van der Waals surface area contributed by atoms with Gasteiger partial charge in [-0.25, -0.2) is 0 Å². The molecule has 1 N–H and O–H groups in total. The molecule has 0 spiro atoms. The van der Waals surface area contributed by atoms with Gasteiger partial charge in [0.2, 0.25) is 0 Å². The maximum Gasteiger partial charge on any atom is 0.272 e. The molecular weight excluding hydrogens is 256 g/mol. The molecule has 0 saturated heterocycles. The summed E-state index contributed by atoms with van der Waals surface area (Å²) < 4.78 is 6.90. The van der Waals surface area contributed by atoms with Crippen molar-refractivity contribution >= 4 is 5.91 Å². The van der Waals surface area contributed by atoms with Gasteiger partial charge in [0.25, 0.3) is 5.91 Å². The summed E-state index contributed by atoms with van der Waals surface area (Å²) >= 11 is 0. The van der Waals surface area contributed by atoms with E-state index < -0.39 is 0 Å². The third-order valence-corrected chi connectivity index (χ3v) is 3.20. The summed E-state index contributed by atoms with van der Waals surface area (Å²) in [6, 6.07) is 1.96. The number of aryl methyl sites for hydroxylation is 2. The fourth-order valence-corrected chi connectivity index (χ4v) is 1.95. The number of hydrogen-bond donors (Lipinski definition) is 1. The van der Waals surface area contributed by atoms with Gasteiger partial charge in [-0.1, -0.05) is 12.1 Å². The standard InChI is InChI=1S/C14H20N4O2/c1-5-12-11(10(4)20-17-12)8-15-14(19)13-6-7-18(16-13)9(2)3/h6-7,9H,5,8H2,1-4H3,(H,15,19). The van der Waals surface area contributed by atoms with Crippen LogP contribution in [0.4, 0.5) is 0 Å². The predicted octanol–water partition coefficient (Wildman–Crippen LogP) is 2.25. The molecule has 0 saturated carbocycles. The van der Waals surface area contributed by atoms with E-state index in [1.54, 1.807) is 10.7 Å². The first-order valence-electron chi connectivity index (χ1n) is 6.80. The van der Waals surface area contributed by atoms with Crippen molar-refractivity contribution in [3.05, 3.63) is 35.0 Å². The molecule has 0 radical (unpaired) electrons. The average Bonchev–Trinajstić information content (AvgIpc) is 3.03. The van der Waals surface area contributed by atoms with Crippen molar-refractivity contribution < 1.29 is 9.32 Å². The molecule has 0 atom stereocenters. The van der Waals surface area contributed by atoms with Crippen molar-refractivity contribution in [1.82, 2.24) is 20.3 Å². The topological polar surface area (TPSA) is 73.0 Å². The van der Waals surface area contributed by atoms with E-state index in [1.807, 2.05) is 33.9 Å². The molecule has 108 valence electrons. The number of hydrogen-bond acceptors (Lipinski definition) is 4. The number of aromatic nitrogens is 3. The smallest absolute Gasteiger partial charge is 0.272 e. The lowest BCUT2D eigenvalue weighted by Gasteiger charge is -2.05. The maximum atomic E-state index is 12.0. The molecule has 0 unspecified atom stereocenters. The molecule has 2 aromatic heterocycles. The largest absolute Gasteiger partial charge is 0.361 e. The van der Waals surface area contributed by atoms with Gasteiger partial charge in [0.1, 0.15) is 11.5 Å². The Balaban J connectivity index is 2.02. The Kier molecular flexibility index (Phi) is 4.22. The van der Waals surface area contributed by atoms with Crippen LogP contribution in [-0.4, -0.2) is 20.8 Å². The second kappa shape index (κ2) is 5.90. The Morgan fingerprint density at radius 1 is 1.50 bits per heavy atom. The molecule has 2 rings (SSSR count). The van der Waals surface area contributed by atoms with Crippen LogP contribution in [0.2, 0.25) is 0 Å². The van der Waals surface area contributed by atoms with Gasteiger partial charge in [0.15, 0.2) is 0 Å². The van der Waals surface area contributed by atoms with E-state index in [2.05, 4.69) is 15.6 Å². The Morgan fingerprint density at radius 3 is 2.85 bits per heavy atom. The van der Waals surface area contributed by atoms with E-state index in [9.17, 15) is 4.79 Å². The Morgan fingerprint density at radius 2 is 2.25 bits per heavy atom. The van der Waals surface area contributed by atoms with E-state index >= 15 is 0 Å². The lowest BCUT2D eigenvalue weighted by molar-refractivity contribution is 0.0944. The summed E-state index contributed by atoms with van der Waals surface area (Å²) in [7, 11) is 0. The summed E-state index contributed by atoms with van der Waals surface area (Å²) in [5.74, 6) is 0.557. The van der Waals surface area contributed by atoms with Gasteiger partial charge in [-0.05, 0) is 33.3 Å². The van der Waals surface area contributed by atoms with Crippen LogP contribution in [0.5, 0.6) is 0 Å². The number of nitrogens with one attached hydrogen (secondary N) is 1. The van der Waals surface area contributed by atoms with Gasteiger partial charge >= 0.3 is 0 Å². The molecule has 1 amide bonds. The summed E-state index contributed by atoms with van der Waals surface area (Å²) in [6.07, 6.45) is 2.59. The third kappa shape index (κ3) is 2.89. The van der Waals surface area contributed by atoms with Crippen LogP contribution in [0.15, 0.2) is 16.8 Å². The van der Waals surface area contributed by atoms with Crippen LogP contribution in [0.1, 0.15) is 54.3 Å². The molecule has 0 aromatic carbocycles. The van der Waals surface area contributed by atoms with Gasteiger partial charge in [0, 0.05) is 24.3 Å². The van der Waals surface area contributed by atoms with Crippen molar-refractivity contribution in [3.8, 4) is 0 Å². The summed E-state index contributed by atoms with van der Waals surface area (Å²) in [6.45, 7) is 8.30. The first-order valence-corrected chi connectivity index (χ1v) is 6.80. The number of carbonyl (C=O) groups excluding carboxylic acids is 1. The molecule has 20 heavy (non-hydrogen) atoms. The van der Waals surface area contributed by atoms with Crippen LogP contribution in [0.25, 0.3) is 0 Å². The van der Waals surface area contributed by atoms with E-state index in [4.69, 9.17) is 4.52 Å². The zero-order chi connectivity index (χ0) is 14.7. The molecule has 2 aromatic rings. The number of rotatable bonds is 5. The quantitative estimate of drug-likeness (QED) is 0.909. The van der Waals surface area contributed by atoms with E-state index in [-0.39, 0.29) is 11.9 Å². The predicted molar refractivity (Wildman–Crippen MR) is 74.4 cm³/mol. The minimum Gasteiger partial charge on any atom is -0.361 e. The fraction of sp³-hybridized carbons (Fsp3) is 0.500. The van der Waals surface area contributed by atoms with Crippen LogP contribution in [0.3, 0.4) is 0 Å². The Labute approximate surface area is 118 Å². The van der Waals surface area contributed by atoms with Gasteiger partial charge in [0.05, 0.1) is 5.69 Å². The number of nitrogens with zero attached hydrogens (tertiary/aromatic N) is 3. The van der Waals surface area contributed by atoms with Crippen LogP contribution in [-0.2, 0) is 13.0 Å². The highest BCUT2D eigenvalue weighted by Gasteiger charge is 2.14. The molecular formula is C14H20N4O2. The van der Waals surface area contributed by atoms with Crippen molar-refractivity contribution in [2.24, 2.45) is 0 Å². The monoisotopic (exact) mass is 276 g/mol. The first-order chi connectivity index (χ1) is 9.52. The van der Waals surface area contributed by atoms with E-state index in [0.29, 0.717) is 12.2 Å². The van der Waals surface area contributed by atoms with Crippen LogP contribution < -0.4 is 5.32 Å². The lowest BCUT2D eigenvalue weighted by Crippen LogP contribution is -2.24. The molecule has 6 nitrogen and oxygen atoms in total. The molecule has 2 heterocycles. The third-order valence-electron chi connectivity index (χ3n) is 3.20. The molecule has 6 heteroatoms. The lowest BCUT2D eigenvalue weighted by atomic mass is 10.1. The summed E-state index contributed by atoms with van der Waals surface area (Å²) in [5, 5.41) is 11.1. The van der Waals surface area contributed by atoms with Crippen LogP contribution in [0, 0.1) is 6.92 Å². The fourth-order valence-electron chi connectivity index (χ4n) is 1.95. The molecule has 0 aliphatic rings. The Hall–Kier alpha value is -2.11. The van der Waals surface area contributed by atoms with Crippen molar-refractivity contribution in [2.75, 3.05) is 0 Å². The molecule has 0 fully saturated rings. The minimum absolute atomic E-state index is 0.188. The highest BCUT2D eigenvalue weighted by molar-refractivity contribution is 5.92. The molecule has 0 bridgehead atoms. The number of amides is 1. The normalized spacial score (nSPS) is 11.1. The zero-order valence-corrected chi connectivity index (χ0v) is 12.3. The van der Waals surface area contributed by atoms with Crippen molar-refractivity contribution in [2.45, 2.75) is 46.7 Å².